The fraction of sp³-hybridized carbons (Fsp3) is 0.800. The summed E-state index contributed by atoms with van der Waals surface area (Å²) in [6.45, 7) is 0.517. The number of unbranched alkanes of at least 4 members (excludes halogenated alkanes) is 1. The van der Waals surface area contributed by atoms with E-state index in [1.165, 1.54) is 0 Å². The fourth-order valence-corrected chi connectivity index (χ4v) is 1.30. The van der Waals surface area contributed by atoms with Crippen LogP contribution >= 0.6 is 0 Å². The molecule has 2 amide bonds. The maximum atomic E-state index is 11.4. The number of aliphatic hydroxyl groups excluding tert-OH is 1. The highest BCUT2D eigenvalue weighted by Gasteiger charge is 2.18. The molecule has 0 radical (unpaired) electrons. The first kappa shape index (κ1) is 15.8. The van der Waals surface area contributed by atoms with E-state index in [1.807, 2.05) is 0 Å². The number of amides is 2. The molecule has 0 aromatic rings. The van der Waals surface area contributed by atoms with Crippen molar-refractivity contribution in [2.75, 3.05) is 6.54 Å². The fourth-order valence-electron chi connectivity index (χ4n) is 1.30. The average molecular weight is 247 g/mol. The minimum Gasteiger partial charge on any atom is -0.368 e. The van der Waals surface area contributed by atoms with Crippen LogP contribution in [0.15, 0.2) is 0 Å². The highest BCUT2D eigenvalue weighted by Crippen LogP contribution is 2.01. The summed E-state index contributed by atoms with van der Waals surface area (Å²) in [6, 6.07) is -0.859. The Balaban J connectivity index is 3.98. The third kappa shape index (κ3) is 8.61. The van der Waals surface area contributed by atoms with Crippen LogP contribution in [0.5, 0.6) is 0 Å². The first-order chi connectivity index (χ1) is 7.97. The molecule has 0 saturated carbocycles. The Hall–Kier alpha value is -1.18. The average Bonchev–Trinajstić information content (AvgIpc) is 2.23. The van der Waals surface area contributed by atoms with Crippen molar-refractivity contribution in [1.29, 1.82) is 0 Å². The van der Waals surface area contributed by atoms with Crippen molar-refractivity contribution >= 4 is 11.8 Å². The Morgan fingerprint density at radius 2 is 1.82 bits per heavy atom. The number of primary amides is 1. The van der Waals surface area contributed by atoms with Crippen LogP contribution in [0.2, 0.25) is 0 Å². The third-order valence-corrected chi connectivity index (χ3v) is 2.25. The summed E-state index contributed by atoms with van der Waals surface area (Å²) in [4.78, 5) is 22.4. The van der Waals surface area contributed by atoms with E-state index in [0.717, 1.165) is 6.42 Å². The quantitative estimate of drug-likeness (QED) is 0.241. The molecule has 0 aliphatic carbocycles. The van der Waals surface area contributed by atoms with Crippen LogP contribution in [-0.4, -0.2) is 40.9 Å². The molecule has 0 unspecified atom stereocenters. The normalized spacial score (nSPS) is 12.5. The summed E-state index contributed by atoms with van der Waals surface area (Å²) in [5.74, 6) is -0.965. The second-order valence-corrected chi connectivity index (χ2v) is 3.83. The SMILES string of the molecule is NCCCCC(=O)N[C@@H](CCC(O)O)C(N)=O. The molecule has 100 valence electrons. The Morgan fingerprint density at radius 3 is 2.29 bits per heavy atom. The minimum absolute atomic E-state index is 0.0172. The van der Waals surface area contributed by atoms with E-state index in [1.54, 1.807) is 0 Å². The lowest BCUT2D eigenvalue weighted by atomic mass is 10.1. The van der Waals surface area contributed by atoms with Crippen LogP contribution in [0.4, 0.5) is 0 Å². The van der Waals surface area contributed by atoms with Gasteiger partial charge in [0.2, 0.25) is 11.8 Å². The van der Waals surface area contributed by atoms with E-state index < -0.39 is 18.2 Å². The van der Waals surface area contributed by atoms with Crippen LogP contribution in [-0.2, 0) is 9.59 Å². The zero-order valence-corrected chi connectivity index (χ0v) is 9.76. The molecule has 7 N–H and O–H groups in total. The van der Waals surface area contributed by atoms with Gasteiger partial charge < -0.3 is 27.0 Å². The molecule has 1 atom stereocenters. The molecule has 0 aliphatic heterocycles. The summed E-state index contributed by atoms with van der Waals surface area (Å²) < 4.78 is 0. The molecule has 0 spiro atoms. The number of rotatable bonds is 9. The standard InChI is InChI=1S/C10H21N3O4/c11-6-2-1-3-8(14)13-7(10(12)17)4-5-9(15)16/h7,9,15-16H,1-6,11H2,(H2,12,17)(H,13,14)/t7-/m0/s1. The predicted molar refractivity (Wildman–Crippen MR) is 61.5 cm³/mol. The van der Waals surface area contributed by atoms with E-state index in [9.17, 15) is 9.59 Å². The molecule has 0 heterocycles. The molecule has 0 aromatic carbocycles. The van der Waals surface area contributed by atoms with E-state index >= 15 is 0 Å². The highest BCUT2D eigenvalue weighted by molar-refractivity contribution is 5.86. The number of nitrogens with two attached hydrogens (primary N) is 2. The Kier molecular flexibility index (Phi) is 8.29. The minimum atomic E-state index is -1.51. The molecule has 0 rings (SSSR count). The largest absolute Gasteiger partial charge is 0.368 e. The maximum absolute atomic E-state index is 11.4. The summed E-state index contributed by atoms with van der Waals surface area (Å²) in [7, 11) is 0. The van der Waals surface area contributed by atoms with Gasteiger partial charge in [0.1, 0.15) is 6.04 Å². The van der Waals surface area contributed by atoms with Gasteiger partial charge in [-0.25, -0.2) is 0 Å². The van der Waals surface area contributed by atoms with Gasteiger partial charge in [-0.3, -0.25) is 9.59 Å². The molecular weight excluding hydrogens is 226 g/mol. The van der Waals surface area contributed by atoms with Crippen molar-refractivity contribution in [3.05, 3.63) is 0 Å². The Bertz CT molecular complexity index is 246. The zero-order valence-electron chi connectivity index (χ0n) is 9.76. The molecule has 0 aromatic heterocycles. The lowest BCUT2D eigenvalue weighted by molar-refractivity contribution is -0.128. The van der Waals surface area contributed by atoms with E-state index in [-0.39, 0.29) is 25.2 Å². The van der Waals surface area contributed by atoms with E-state index in [4.69, 9.17) is 21.7 Å². The van der Waals surface area contributed by atoms with Crippen LogP contribution in [0.3, 0.4) is 0 Å². The maximum Gasteiger partial charge on any atom is 0.240 e. The molecule has 0 aliphatic rings. The number of hydrogen-bond donors (Lipinski definition) is 5. The smallest absolute Gasteiger partial charge is 0.240 e. The first-order valence-electron chi connectivity index (χ1n) is 5.62. The van der Waals surface area contributed by atoms with Gasteiger partial charge in [0.25, 0.3) is 0 Å². The van der Waals surface area contributed by atoms with Gasteiger partial charge in [-0.2, -0.15) is 0 Å². The van der Waals surface area contributed by atoms with Crippen molar-refractivity contribution in [3.63, 3.8) is 0 Å². The third-order valence-electron chi connectivity index (χ3n) is 2.25. The summed E-state index contributed by atoms with van der Waals surface area (Å²) >= 11 is 0. The van der Waals surface area contributed by atoms with E-state index in [2.05, 4.69) is 5.32 Å². The van der Waals surface area contributed by atoms with Gasteiger partial charge in [-0.1, -0.05) is 0 Å². The highest BCUT2D eigenvalue weighted by atomic mass is 16.5. The van der Waals surface area contributed by atoms with Crippen LogP contribution in [0, 0.1) is 0 Å². The van der Waals surface area contributed by atoms with Crippen LogP contribution in [0.25, 0.3) is 0 Å². The predicted octanol–water partition coefficient (Wildman–Crippen LogP) is -1.82. The molecule has 7 nitrogen and oxygen atoms in total. The van der Waals surface area contributed by atoms with E-state index in [0.29, 0.717) is 13.0 Å². The van der Waals surface area contributed by atoms with Gasteiger partial charge in [-0.15, -0.1) is 0 Å². The van der Waals surface area contributed by atoms with Gasteiger partial charge in [0.15, 0.2) is 6.29 Å². The second-order valence-electron chi connectivity index (χ2n) is 3.83. The van der Waals surface area contributed by atoms with Gasteiger partial charge in [0, 0.05) is 12.8 Å². The number of hydrogen-bond acceptors (Lipinski definition) is 5. The van der Waals surface area contributed by atoms with Crippen molar-refractivity contribution in [2.24, 2.45) is 11.5 Å². The molecule has 0 bridgehead atoms. The number of carbonyl (C=O) groups excluding carboxylic acids is 2. The number of aliphatic hydroxyl groups is 2. The topological polar surface area (TPSA) is 139 Å². The lowest BCUT2D eigenvalue weighted by Crippen LogP contribution is -2.44. The first-order valence-corrected chi connectivity index (χ1v) is 5.62. The van der Waals surface area contributed by atoms with Crippen molar-refractivity contribution in [2.45, 2.75) is 44.4 Å². The molecule has 7 heteroatoms. The Labute approximate surface area is 100 Å². The summed E-state index contributed by atoms with van der Waals surface area (Å²) in [5.41, 5.74) is 10.4. The second kappa shape index (κ2) is 8.91. The molecule has 0 saturated heterocycles. The van der Waals surface area contributed by atoms with Crippen molar-refractivity contribution in [1.82, 2.24) is 5.32 Å². The Morgan fingerprint density at radius 1 is 1.18 bits per heavy atom. The van der Waals surface area contributed by atoms with Gasteiger partial charge >= 0.3 is 0 Å². The van der Waals surface area contributed by atoms with Gasteiger partial charge in [-0.05, 0) is 25.8 Å². The zero-order chi connectivity index (χ0) is 13.3. The summed E-state index contributed by atoms with van der Waals surface area (Å²) in [5, 5.41) is 19.8. The van der Waals surface area contributed by atoms with Crippen LogP contribution < -0.4 is 16.8 Å². The van der Waals surface area contributed by atoms with Crippen molar-refractivity contribution < 1.29 is 19.8 Å². The number of carbonyl (C=O) groups is 2. The van der Waals surface area contributed by atoms with Crippen LogP contribution in [0.1, 0.15) is 32.1 Å². The molecule has 17 heavy (non-hydrogen) atoms. The summed E-state index contributed by atoms with van der Waals surface area (Å²) in [6.07, 6.45) is 0.251. The molecular formula is C10H21N3O4. The van der Waals surface area contributed by atoms with Gasteiger partial charge in [0.05, 0.1) is 0 Å². The lowest BCUT2D eigenvalue weighted by Gasteiger charge is -2.15. The number of nitrogens with one attached hydrogen (secondary N) is 1. The molecule has 0 fully saturated rings. The van der Waals surface area contributed by atoms with Crippen molar-refractivity contribution in [3.8, 4) is 0 Å². The monoisotopic (exact) mass is 247 g/mol.